The highest BCUT2D eigenvalue weighted by molar-refractivity contribution is 5.99. The van der Waals surface area contributed by atoms with Crippen molar-refractivity contribution in [3.05, 3.63) is 132 Å². The third-order valence-electron chi connectivity index (χ3n) is 9.05. The maximum absolute atomic E-state index is 7.28. The summed E-state index contributed by atoms with van der Waals surface area (Å²) in [5, 5.41) is 2.25. The van der Waals surface area contributed by atoms with Crippen molar-refractivity contribution >= 4 is 22.5 Å². The van der Waals surface area contributed by atoms with E-state index < -0.39 is 5.72 Å². The monoisotopic (exact) mass is 546 g/mol. The van der Waals surface area contributed by atoms with Crippen molar-refractivity contribution in [2.75, 3.05) is 11.9 Å². The number of ether oxygens (including phenoxy) is 1. The van der Waals surface area contributed by atoms with Crippen LogP contribution in [-0.2, 0) is 5.41 Å². The van der Waals surface area contributed by atoms with Gasteiger partial charge >= 0.3 is 0 Å². The van der Waals surface area contributed by atoms with Gasteiger partial charge in [0.25, 0.3) is 0 Å². The molecule has 5 aromatic carbocycles. The van der Waals surface area contributed by atoms with Crippen LogP contribution in [0.3, 0.4) is 0 Å². The number of fused-ring (bicyclic) bond motifs is 4. The fraction of sp³-hybridized carbons (Fsp3) is 0.132. The number of anilines is 1. The highest BCUT2D eigenvalue weighted by Crippen LogP contribution is 2.56. The van der Waals surface area contributed by atoms with E-state index in [9.17, 15) is 0 Å². The predicted molar refractivity (Wildman–Crippen MR) is 171 cm³/mol. The summed E-state index contributed by atoms with van der Waals surface area (Å²) < 4.78 is 14.0. The quantitative estimate of drug-likeness (QED) is 0.222. The van der Waals surface area contributed by atoms with Crippen molar-refractivity contribution in [3.8, 4) is 39.8 Å². The van der Waals surface area contributed by atoms with Crippen LogP contribution in [-0.4, -0.2) is 17.8 Å². The van der Waals surface area contributed by atoms with Crippen LogP contribution in [0.5, 0.6) is 5.75 Å². The second-order valence-electron chi connectivity index (χ2n) is 11.6. The Bertz CT molecular complexity index is 1950. The first-order valence-corrected chi connectivity index (χ1v) is 14.4. The van der Waals surface area contributed by atoms with Gasteiger partial charge in [0, 0.05) is 29.4 Å². The fourth-order valence-corrected chi connectivity index (χ4v) is 6.79. The fourth-order valence-electron chi connectivity index (χ4n) is 6.79. The summed E-state index contributed by atoms with van der Waals surface area (Å²) in [6, 6.07) is 39.6. The molecular weight excluding hydrogens is 516 g/mol. The third-order valence-corrected chi connectivity index (χ3v) is 9.05. The summed E-state index contributed by atoms with van der Waals surface area (Å²) in [5.41, 5.74) is 6.06. The molecule has 3 heterocycles. The molecule has 6 aromatic rings. The highest BCUT2D eigenvalue weighted by atomic mass is 16.5. The van der Waals surface area contributed by atoms with Crippen LogP contribution in [0.4, 0.5) is 5.69 Å². The Morgan fingerprint density at radius 2 is 1.40 bits per heavy atom. The maximum Gasteiger partial charge on any atom is 0.231 e. The van der Waals surface area contributed by atoms with Crippen molar-refractivity contribution < 1.29 is 9.15 Å². The smallest absolute Gasteiger partial charge is 0.231 e. The van der Waals surface area contributed by atoms with Gasteiger partial charge in [-0.2, -0.15) is 0 Å². The molecule has 1 atom stereocenters. The average molecular weight is 547 g/mol. The van der Waals surface area contributed by atoms with E-state index in [0.717, 1.165) is 50.2 Å². The van der Waals surface area contributed by atoms with E-state index in [2.05, 4.69) is 117 Å². The summed E-state index contributed by atoms with van der Waals surface area (Å²) in [6.45, 7) is 4.52. The molecule has 2 aliphatic heterocycles. The summed E-state index contributed by atoms with van der Waals surface area (Å²) in [7, 11) is 2.12. The largest absolute Gasteiger partial charge is 0.462 e. The number of hydrogen-bond donors (Lipinski definition) is 0. The number of para-hydroxylation sites is 1. The maximum atomic E-state index is 7.28. The number of hydrogen-bond acceptors (Lipinski definition) is 4. The number of oxazole rings is 1. The van der Waals surface area contributed by atoms with Gasteiger partial charge in [0.05, 0.1) is 11.0 Å². The molecule has 0 saturated carbocycles. The lowest BCUT2D eigenvalue weighted by Crippen LogP contribution is -2.58. The Balaban J connectivity index is 1.38. The molecule has 0 bridgehead atoms. The molecule has 4 heteroatoms. The second-order valence-corrected chi connectivity index (χ2v) is 11.6. The Morgan fingerprint density at radius 3 is 2.17 bits per heavy atom. The van der Waals surface area contributed by atoms with E-state index >= 15 is 0 Å². The molecule has 1 aromatic heterocycles. The number of nitrogens with zero attached hydrogens (tertiary/aromatic N) is 2. The minimum absolute atomic E-state index is 0.323. The van der Waals surface area contributed by atoms with Crippen LogP contribution in [0.25, 0.3) is 50.9 Å². The molecular formula is C38H30N2O2. The Labute approximate surface area is 245 Å². The van der Waals surface area contributed by atoms with Crippen LogP contribution in [0, 0.1) is 0 Å². The number of benzene rings is 5. The molecule has 0 N–H and O–H groups in total. The predicted octanol–water partition coefficient (Wildman–Crippen LogP) is 9.36. The average Bonchev–Trinajstić information content (AvgIpc) is 3.55. The van der Waals surface area contributed by atoms with Gasteiger partial charge in [0.1, 0.15) is 11.4 Å². The first-order chi connectivity index (χ1) is 20.5. The van der Waals surface area contributed by atoms with Crippen LogP contribution >= 0.6 is 0 Å². The first kappa shape index (κ1) is 24.7. The minimum Gasteiger partial charge on any atom is -0.462 e. The first-order valence-electron chi connectivity index (χ1n) is 14.4. The molecule has 0 amide bonds. The Hall–Kier alpha value is -5.09. The molecule has 4 nitrogen and oxygen atoms in total. The summed E-state index contributed by atoms with van der Waals surface area (Å²) in [5.74, 6) is 2.06. The standard InChI is InChI=1S/C38H30N2O2/c1-37(2)31-20-12-13-21-32(31)40(3)38(37)23-22-29-28-19-11-10-18-27(28)24-30(35(29)42-38)36-39-33(25-14-6-4-7-15-25)34(41-36)26-16-8-5-9-17-26/h4-24H,1-3H3. The van der Waals surface area contributed by atoms with Crippen LogP contribution in [0.1, 0.15) is 25.0 Å². The van der Waals surface area contributed by atoms with E-state index in [1.807, 2.05) is 36.4 Å². The van der Waals surface area contributed by atoms with Gasteiger partial charge < -0.3 is 14.1 Å². The van der Waals surface area contributed by atoms with Gasteiger partial charge in [-0.15, -0.1) is 0 Å². The van der Waals surface area contributed by atoms with Gasteiger partial charge in [-0.25, -0.2) is 4.98 Å². The van der Waals surface area contributed by atoms with Gasteiger partial charge in [-0.1, -0.05) is 103 Å². The molecule has 8 rings (SSSR count). The second kappa shape index (κ2) is 8.95. The van der Waals surface area contributed by atoms with E-state index in [4.69, 9.17) is 14.1 Å². The van der Waals surface area contributed by atoms with E-state index in [-0.39, 0.29) is 5.41 Å². The van der Waals surface area contributed by atoms with E-state index in [0.29, 0.717) is 5.89 Å². The molecule has 0 fully saturated rings. The zero-order valence-electron chi connectivity index (χ0n) is 23.8. The molecule has 1 unspecified atom stereocenters. The summed E-state index contributed by atoms with van der Waals surface area (Å²) in [6.07, 6.45) is 4.46. The van der Waals surface area contributed by atoms with Gasteiger partial charge in [0.2, 0.25) is 11.6 Å². The zero-order valence-corrected chi connectivity index (χ0v) is 23.8. The molecule has 2 aliphatic rings. The summed E-state index contributed by atoms with van der Waals surface area (Å²) in [4.78, 5) is 7.43. The highest BCUT2D eigenvalue weighted by Gasteiger charge is 2.58. The van der Waals surface area contributed by atoms with E-state index in [1.54, 1.807) is 0 Å². The lowest BCUT2D eigenvalue weighted by Gasteiger charge is -2.46. The lowest BCUT2D eigenvalue weighted by atomic mass is 9.76. The number of rotatable bonds is 3. The molecule has 42 heavy (non-hydrogen) atoms. The van der Waals surface area contributed by atoms with Crippen LogP contribution in [0.15, 0.2) is 126 Å². The van der Waals surface area contributed by atoms with Gasteiger partial charge in [0.15, 0.2) is 5.76 Å². The van der Waals surface area contributed by atoms with Crippen molar-refractivity contribution in [2.45, 2.75) is 25.0 Å². The SMILES string of the molecule is CN1c2ccccc2C(C)(C)C12C=Cc1c(c(-c3nc(-c4ccccc4)c(-c4ccccc4)o3)cc3ccccc13)O2. The van der Waals surface area contributed by atoms with Crippen LogP contribution in [0.2, 0.25) is 0 Å². The van der Waals surface area contributed by atoms with Crippen LogP contribution < -0.4 is 9.64 Å². The molecule has 0 aliphatic carbocycles. The van der Waals surface area contributed by atoms with Crippen molar-refractivity contribution in [1.29, 1.82) is 0 Å². The van der Waals surface area contributed by atoms with Crippen molar-refractivity contribution in [2.24, 2.45) is 0 Å². The Morgan fingerprint density at radius 1 is 0.738 bits per heavy atom. The van der Waals surface area contributed by atoms with E-state index in [1.165, 1.54) is 11.3 Å². The molecule has 0 saturated heterocycles. The Kier molecular flexibility index (Phi) is 5.26. The van der Waals surface area contributed by atoms with Gasteiger partial charge in [-0.05, 0) is 54.5 Å². The number of likely N-dealkylation sites (N-methyl/N-ethyl adjacent to an activating group) is 1. The number of aromatic nitrogens is 1. The molecule has 0 radical (unpaired) electrons. The van der Waals surface area contributed by atoms with Gasteiger partial charge in [-0.3, -0.25) is 0 Å². The van der Waals surface area contributed by atoms with Crippen molar-refractivity contribution in [1.82, 2.24) is 4.98 Å². The lowest BCUT2D eigenvalue weighted by molar-refractivity contribution is 0.0588. The van der Waals surface area contributed by atoms with Crippen molar-refractivity contribution in [3.63, 3.8) is 0 Å². The topological polar surface area (TPSA) is 38.5 Å². The molecule has 1 spiro atoms. The summed E-state index contributed by atoms with van der Waals surface area (Å²) >= 11 is 0. The zero-order chi connectivity index (χ0) is 28.5. The normalized spacial score (nSPS) is 18.2. The third kappa shape index (κ3) is 3.38. The minimum atomic E-state index is -0.724. The molecule has 204 valence electrons.